The smallest absolute Gasteiger partial charge is 0.337 e. The molecule has 2 aliphatic rings. The first kappa shape index (κ1) is 12.3. The molecule has 2 unspecified atom stereocenters. The third kappa shape index (κ3) is 2.38. The maximum absolute atomic E-state index is 11.1. The zero-order valence-electron chi connectivity index (χ0n) is 10.6. The number of nitrogens with two attached hydrogens (primary N) is 1. The normalized spacial score (nSPS) is 26.3. The number of hydrogen-bond donors (Lipinski definition) is 3. The monoisotopic (exact) mass is 262 g/mol. The molecular weight excluding hydrogens is 244 g/mol. The summed E-state index contributed by atoms with van der Waals surface area (Å²) in [7, 11) is 0. The number of nitrogens with one attached hydrogen (secondary N) is 1. The lowest BCUT2D eigenvalue weighted by Crippen LogP contribution is -2.31. The highest BCUT2D eigenvalue weighted by atomic mass is 16.5. The Kier molecular flexibility index (Phi) is 3.06. The molecule has 2 fully saturated rings. The van der Waals surface area contributed by atoms with Crippen molar-refractivity contribution in [3.05, 3.63) is 23.8 Å². The summed E-state index contributed by atoms with van der Waals surface area (Å²) in [6, 6.07) is 5.29. The summed E-state index contributed by atoms with van der Waals surface area (Å²) in [6.07, 6.45) is 3.65. The number of carboxylic acid groups (broad SMARTS) is 1. The Labute approximate surface area is 111 Å². The van der Waals surface area contributed by atoms with E-state index in [1.165, 1.54) is 18.9 Å². The van der Waals surface area contributed by atoms with Gasteiger partial charge in [-0.05, 0) is 37.3 Å². The van der Waals surface area contributed by atoms with Crippen LogP contribution in [-0.4, -0.2) is 29.8 Å². The van der Waals surface area contributed by atoms with Gasteiger partial charge < -0.3 is 20.9 Å². The molecule has 0 amide bonds. The van der Waals surface area contributed by atoms with Crippen LogP contribution in [0.15, 0.2) is 18.2 Å². The molecule has 4 N–H and O–H groups in total. The fourth-order valence-corrected chi connectivity index (χ4v) is 2.73. The second-order valence-electron chi connectivity index (χ2n) is 5.28. The van der Waals surface area contributed by atoms with Gasteiger partial charge in [-0.15, -0.1) is 0 Å². The van der Waals surface area contributed by atoms with Crippen LogP contribution in [0.3, 0.4) is 0 Å². The SMILES string of the molecule is Nc1c(NC2CCOC2C2CC2)cccc1C(=O)O. The molecule has 0 aromatic heterocycles. The van der Waals surface area contributed by atoms with Gasteiger partial charge in [-0.1, -0.05) is 6.07 Å². The molecule has 102 valence electrons. The molecule has 1 aromatic carbocycles. The van der Waals surface area contributed by atoms with Gasteiger partial charge >= 0.3 is 5.97 Å². The second kappa shape index (κ2) is 4.74. The van der Waals surface area contributed by atoms with Gasteiger partial charge in [0.1, 0.15) is 0 Å². The number of carbonyl (C=O) groups is 1. The van der Waals surface area contributed by atoms with E-state index in [4.69, 9.17) is 15.6 Å². The maximum Gasteiger partial charge on any atom is 0.337 e. The van der Waals surface area contributed by atoms with Crippen LogP contribution < -0.4 is 11.1 Å². The number of hydrogen-bond acceptors (Lipinski definition) is 4. The number of para-hydroxylation sites is 1. The molecule has 5 heteroatoms. The van der Waals surface area contributed by atoms with Crippen LogP contribution in [0.2, 0.25) is 0 Å². The minimum absolute atomic E-state index is 0.145. The molecule has 1 saturated carbocycles. The molecule has 1 aromatic rings. The van der Waals surface area contributed by atoms with Crippen LogP contribution in [0.5, 0.6) is 0 Å². The van der Waals surface area contributed by atoms with Crippen molar-refractivity contribution in [2.75, 3.05) is 17.7 Å². The first-order chi connectivity index (χ1) is 9.16. The zero-order chi connectivity index (χ0) is 13.4. The van der Waals surface area contributed by atoms with Crippen molar-refractivity contribution in [1.82, 2.24) is 0 Å². The molecule has 19 heavy (non-hydrogen) atoms. The van der Waals surface area contributed by atoms with E-state index in [-0.39, 0.29) is 17.7 Å². The van der Waals surface area contributed by atoms with E-state index >= 15 is 0 Å². The number of rotatable bonds is 4. The Hall–Kier alpha value is -1.75. The van der Waals surface area contributed by atoms with Crippen LogP contribution in [0.1, 0.15) is 29.6 Å². The fourth-order valence-electron chi connectivity index (χ4n) is 2.73. The molecule has 1 aliphatic carbocycles. The Bertz CT molecular complexity index is 499. The van der Waals surface area contributed by atoms with E-state index in [0.717, 1.165) is 13.0 Å². The Morgan fingerprint density at radius 1 is 1.37 bits per heavy atom. The topological polar surface area (TPSA) is 84.6 Å². The van der Waals surface area contributed by atoms with Crippen LogP contribution in [-0.2, 0) is 4.74 Å². The third-order valence-corrected chi connectivity index (χ3v) is 3.90. The van der Waals surface area contributed by atoms with Crippen molar-refractivity contribution in [3.8, 4) is 0 Å². The van der Waals surface area contributed by atoms with Gasteiger partial charge in [0.15, 0.2) is 0 Å². The lowest BCUT2D eigenvalue weighted by atomic mass is 10.0. The van der Waals surface area contributed by atoms with Gasteiger partial charge in [0.25, 0.3) is 0 Å². The average molecular weight is 262 g/mol. The number of benzene rings is 1. The quantitative estimate of drug-likeness (QED) is 0.722. The van der Waals surface area contributed by atoms with Crippen molar-refractivity contribution in [3.63, 3.8) is 0 Å². The van der Waals surface area contributed by atoms with Crippen LogP contribution in [0.4, 0.5) is 11.4 Å². The van der Waals surface area contributed by atoms with Gasteiger partial charge in [0, 0.05) is 6.61 Å². The highest BCUT2D eigenvalue weighted by Gasteiger charge is 2.40. The molecule has 1 aliphatic heterocycles. The number of aromatic carboxylic acids is 1. The molecule has 3 rings (SSSR count). The van der Waals surface area contributed by atoms with E-state index < -0.39 is 5.97 Å². The Balaban J connectivity index is 1.79. The standard InChI is InChI=1S/C14H18N2O3/c15-12-9(14(17)18)2-1-3-10(12)16-11-6-7-19-13(11)8-4-5-8/h1-3,8,11,13,16H,4-7,15H2,(H,17,18). The van der Waals surface area contributed by atoms with Crippen LogP contribution in [0.25, 0.3) is 0 Å². The van der Waals surface area contributed by atoms with Gasteiger partial charge in [-0.2, -0.15) is 0 Å². The van der Waals surface area contributed by atoms with Crippen molar-refractivity contribution >= 4 is 17.3 Å². The predicted octanol–water partition coefficient (Wildman–Crippen LogP) is 1.95. The van der Waals surface area contributed by atoms with E-state index in [9.17, 15) is 4.79 Å². The van der Waals surface area contributed by atoms with Gasteiger partial charge in [0.05, 0.1) is 29.1 Å². The van der Waals surface area contributed by atoms with E-state index in [0.29, 0.717) is 17.3 Å². The molecule has 1 heterocycles. The third-order valence-electron chi connectivity index (χ3n) is 3.90. The highest BCUT2D eigenvalue weighted by Crippen LogP contribution is 2.40. The lowest BCUT2D eigenvalue weighted by molar-refractivity contribution is 0.0698. The van der Waals surface area contributed by atoms with E-state index in [1.807, 2.05) is 6.07 Å². The lowest BCUT2D eigenvalue weighted by Gasteiger charge is -2.22. The first-order valence-electron chi connectivity index (χ1n) is 6.66. The van der Waals surface area contributed by atoms with Crippen LogP contribution in [0, 0.1) is 5.92 Å². The maximum atomic E-state index is 11.1. The van der Waals surface area contributed by atoms with Crippen LogP contribution >= 0.6 is 0 Å². The van der Waals surface area contributed by atoms with Crippen molar-refractivity contribution in [1.29, 1.82) is 0 Å². The minimum Gasteiger partial charge on any atom is -0.478 e. The number of carboxylic acids is 1. The van der Waals surface area contributed by atoms with E-state index in [1.54, 1.807) is 6.07 Å². The average Bonchev–Trinajstić information content (AvgIpc) is 3.12. The number of ether oxygens (including phenoxy) is 1. The number of nitrogen functional groups attached to an aromatic ring is 1. The molecular formula is C14H18N2O3. The highest BCUT2D eigenvalue weighted by molar-refractivity contribution is 5.97. The predicted molar refractivity (Wildman–Crippen MR) is 72.3 cm³/mol. The second-order valence-corrected chi connectivity index (χ2v) is 5.28. The first-order valence-corrected chi connectivity index (χ1v) is 6.66. The zero-order valence-corrected chi connectivity index (χ0v) is 10.6. The summed E-state index contributed by atoms with van der Waals surface area (Å²) in [6.45, 7) is 0.761. The summed E-state index contributed by atoms with van der Waals surface area (Å²) in [5.41, 5.74) is 7.06. The molecule has 1 saturated heterocycles. The summed E-state index contributed by atoms with van der Waals surface area (Å²) in [5.74, 6) is -0.341. The number of anilines is 2. The molecule has 5 nitrogen and oxygen atoms in total. The summed E-state index contributed by atoms with van der Waals surface area (Å²) in [5, 5.41) is 12.4. The Morgan fingerprint density at radius 2 is 2.16 bits per heavy atom. The molecule has 0 radical (unpaired) electrons. The fraction of sp³-hybridized carbons (Fsp3) is 0.500. The molecule has 0 spiro atoms. The van der Waals surface area contributed by atoms with Crippen molar-refractivity contribution < 1.29 is 14.6 Å². The largest absolute Gasteiger partial charge is 0.478 e. The van der Waals surface area contributed by atoms with E-state index in [2.05, 4.69) is 5.32 Å². The van der Waals surface area contributed by atoms with Gasteiger partial charge in [0.2, 0.25) is 0 Å². The molecule has 0 bridgehead atoms. The summed E-state index contributed by atoms with van der Waals surface area (Å²) < 4.78 is 5.76. The summed E-state index contributed by atoms with van der Waals surface area (Å²) >= 11 is 0. The summed E-state index contributed by atoms with van der Waals surface area (Å²) in [4.78, 5) is 11.1. The van der Waals surface area contributed by atoms with Crippen molar-refractivity contribution in [2.24, 2.45) is 5.92 Å². The Morgan fingerprint density at radius 3 is 2.84 bits per heavy atom. The van der Waals surface area contributed by atoms with Gasteiger partial charge in [-0.3, -0.25) is 0 Å². The van der Waals surface area contributed by atoms with Crippen molar-refractivity contribution in [2.45, 2.75) is 31.4 Å². The molecule has 2 atom stereocenters. The van der Waals surface area contributed by atoms with Gasteiger partial charge in [-0.25, -0.2) is 4.79 Å². The minimum atomic E-state index is -0.998.